The average Bonchev–Trinajstić information content (AvgIpc) is 2.14. The molecule has 2 atom stereocenters. The molecule has 0 aliphatic carbocycles. The zero-order chi connectivity index (χ0) is 10.7. The molecular formula is C8H12N2O2P2. The predicted octanol–water partition coefficient (Wildman–Crippen LogP) is 1.39. The first-order valence-corrected chi connectivity index (χ1v) is 5.35. The smallest absolute Gasteiger partial charge is 0.329 e. The Bertz CT molecular complexity index is 345. The van der Waals surface area contributed by atoms with Crippen molar-refractivity contribution in [2.45, 2.75) is 6.92 Å². The minimum absolute atomic E-state index is 0.0746. The molecule has 0 radical (unpaired) electrons. The summed E-state index contributed by atoms with van der Waals surface area (Å²) in [5.74, 6) is 0. The van der Waals surface area contributed by atoms with E-state index < -0.39 is 0 Å². The van der Waals surface area contributed by atoms with Crippen LogP contribution in [0.5, 0.6) is 0 Å². The van der Waals surface area contributed by atoms with Crippen molar-refractivity contribution in [1.82, 2.24) is 0 Å². The lowest BCUT2D eigenvalue weighted by molar-refractivity contribution is 0.233. The second-order valence-electron chi connectivity index (χ2n) is 2.81. The van der Waals surface area contributed by atoms with E-state index in [1.165, 1.54) is 0 Å². The highest BCUT2D eigenvalue weighted by Crippen LogP contribution is 2.22. The van der Waals surface area contributed by atoms with Crippen LogP contribution in [0, 0.1) is 6.92 Å². The summed E-state index contributed by atoms with van der Waals surface area (Å²) >= 11 is 0. The summed E-state index contributed by atoms with van der Waals surface area (Å²) < 4.78 is 4.47. The summed E-state index contributed by atoms with van der Waals surface area (Å²) in [5.41, 5.74) is 13.2. The zero-order valence-electron chi connectivity index (χ0n) is 7.70. The van der Waals surface area contributed by atoms with Gasteiger partial charge in [0.15, 0.2) is 0 Å². The van der Waals surface area contributed by atoms with Gasteiger partial charge in [-0.25, -0.2) is 4.79 Å². The van der Waals surface area contributed by atoms with Crippen molar-refractivity contribution < 1.29 is 9.32 Å². The summed E-state index contributed by atoms with van der Waals surface area (Å²) in [6.45, 7) is 1.84. The van der Waals surface area contributed by atoms with E-state index in [-0.39, 0.29) is 14.3 Å². The highest BCUT2D eigenvalue weighted by Gasteiger charge is 2.06. The van der Waals surface area contributed by atoms with Gasteiger partial charge in [0, 0.05) is 20.0 Å². The molecule has 4 N–H and O–H groups in total. The number of carbonyl (C=O) groups excluding carboxylic acids is 1. The Morgan fingerprint density at radius 2 is 1.93 bits per heavy atom. The molecule has 1 aromatic carbocycles. The maximum absolute atomic E-state index is 11.0. The Labute approximate surface area is 86.4 Å². The number of nitrogen functional groups attached to an aromatic ring is 2. The van der Waals surface area contributed by atoms with Crippen molar-refractivity contribution in [2.75, 3.05) is 11.5 Å². The van der Waals surface area contributed by atoms with Crippen molar-refractivity contribution in [1.29, 1.82) is 0 Å². The second kappa shape index (κ2) is 4.59. The van der Waals surface area contributed by atoms with Gasteiger partial charge in [-0.2, -0.15) is 0 Å². The van der Waals surface area contributed by atoms with Crippen molar-refractivity contribution in [3.8, 4) is 0 Å². The van der Waals surface area contributed by atoms with Gasteiger partial charge >= 0.3 is 5.71 Å². The molecular weight excluding hydrogens is 218 g/mol. The minimum atomic E-state index is -0.308. The number of benzene rings is 1. The first-order valence-electron chi connectivity index (χ1n) is 3.88. The van der Waals surface area contributed by atoms with Gasteiger partial charge in [-0.05, 0) is 29.9 Å². The molecule has 2 unspecified atom stereocenters. The number of rotatable bonds is 2. The van der Waals surface area contributed by atoms with Crippen molar-refractivity contribution in [2.24, 2.45) is 0 Å². The fourth-order valence-corrected chi connectivity index (χ4v) is 1.91. The van der Waals surface area contributed by atoms with Gasteiger partial charge in [-0.15, -0.1) is 0 Å². The van der Waals surface area contributed by atoms with E-state index in [9.17, 15) is 4.79 Å². The molecule has 1 rings (SSSR count). The SMILES string of the molecule is Cc1c(N)cc(PC(=O)OP)cc1N. The van der Waals surface area contributed by atoms with E-state index in [1.54, 1.807) is 12.1 Å². The van der Waals surface area contributed by atoms with Gasteiger partial charge in [0.2, 0.25) is 0 Å². The highest BCUT2D eigenvalue weighted by atomic mass is 31.1. The van der Waals surface area contributed by atoms with E-state index in [2.05, 4.69) is 4.52 Å². The Balaban J connectivity index is 2.95. The summed E-state index contributed by atoms with van der Waals surface area (Å²) in [7, 11) is 1.84. The molecule has 0 saturated heterocycles. The van der Waals surface area contributed by atoms with Gasteiger partial charge in [0.1, 0.15) is 0 Å². The Kier molecular flexibility index (Phi) is 3.68. The molecule has 76 valence electrons. The van der Waals surface area contributed by atoms with E-state index >= 15 is 0 Å². The van der Waals surface area contributed by atoms with Crippen LogP contribution in [-0.4, -0.2) is 5.71 Å². The van der Waals surface area contributed by atoms with E-state index in [4.69, 9.17) is 11.5 Å². The number of anilines is 2. The van der Waals surface area contributed by atoms with Gasteiger partial charge in [-0.3, -0.25) is 0 Å². The van der Waals surface area contributed by atoms with Crippen LogP contribution in [0.3, 0.4) is 0 Å². The third-order valence-corrected chi connectivity index (χ3v) is 3.19. The maximum atomic E-state index is 11.0. The fourth-order valence-electron chi connectivity index (χ4n) is 0.979. The van der Waals surface area contributed by atoms with Crippen LogP contribution in [0.1, 0.15) is 5.56 Å². The quantitative estimate of drug-likeness (QED) is 0.594. The molecule has 1 aromatic rings. The first-order chi connectivity index (χ1) is 6.54. The molecule has 0 aliphatic rings. The van der Waals surface area contributed by atoms with Crippen molar-refractivity contribution >= 4 is 40.4 Å². The lowest BCUT2D eigenvalue weighted by Gasteiger charge is -2.07. The minimum Gasteiger partial charge on any atom is -0.448 e. The molecule has 0 heterocycles. The molecule has 14 heavy (non-hydrogen) atoms. The standard InChI is InChI=1S/C8H12N2O2P2/c1-4-6(9)2-5(3-7(4)10)14-8(11)12-13/h2-3,14H,9-10,13H2,1H3. The van der Waals surface area contributed by atoms with Gasteiger partial charge in [0.25, 0.3) is 0 Å². The van der Waals surface area contributed by atoms with E-state index in [0.717, 1.165) is 10.9 Å². The maximum Gasteiger partial charge on any atom is 0.329 e. The Morgan fingerprint density at radius 1 is 1.43 bits per heavy atom. The second-order valence-corrected chi connectivity index (χ2v) is 4.28. The zero-order valence-corrected chi connectivity index (χ0v) is 9.86. The van der Waals surface area contributed by atoms with Crippen LogP contribution < -0.4 is 16.8 Å². The molecule has 0 aliphatic heterocycles. The van der Waals surface area contributed by atoms with Gasteiger partial charge in [-0.1, -0.05) is 0 Å². The molecule has 0 fully saturated rings. The van der Waals surface area contributed by atoms with Gasteiger partial charge < -0.3 is 16.0 Å². The topological polar surface area (TPSA) is 78.3 Å². The van der Waals surface area contributed by atoms with Crippen LogP contribution >= 0.6 is 18.0 Å². The van der Waals surface area contributed by atoms with E-state index in [0.29, 0.717) is 11.4 Å². The highest BCUT2D eigenvalue weighted by molar-refractivity contribution is 7.65. The Morgan fingerprint density at radius 3 is 2.36 bits per heavy atom. The van der Waals surface area contributed by atoms with Crippen LogP contribution in [-0.2, 0) is 4.52 Å². The van der Waals surface area contributed by atoms with Crippen LogP contribution in [0.4, 0.5) is 16.2 Å². The van der Waals surface area contributed by atoms with E-state index in [1.807, 2.05) is 16.4 Å². The number of hydrogen-bond donors (Lipinski definition) is 2. The molecule has 0 amide bonds. The number of carbonyl (C=O) groups is 1. The molecule has 0 saturated carbocycles. The molecule has 4 nitrogen and oxygen atoms in total. The monoisotopic (exact) mass is 230 g/mol. The Hall–Kier alpha value is -0.850. The molecule has 6 heteroatoms. The number of hydrogen-bond acceptors (Lipinski definition) is 4. The normalized spacial score (nSPS) is 10.7. The van der Waals surface area contributed by atoms with Gasteiger partial charge in [0.05, 0.1) is 9.47 Å². The molecule has 0 spiro atoms. The first kappa shape index (κ1) is 11.2. The van der Waals surface area contributed by atoms with Crippen molar-refractivity contribution in [3.63, 3.8) is 0 Å². The third kappa shape index (κ3) is 2.57. The predicted molar refractivity (Wildman–Crippen MR) is 64.1 cm³/mol. The third-order valence-electron chi connectivity index (χ3n) is 1.84. The number of nitrogens with two attached hydrogens (primary N) is 2. The largest absolute Gasteiger partial charge is 0.448 e. The molecule has 0 bridgehead atoms. The summed E-state index contributed by atoms with van der Waals surface area (Å²) in [5, 5.41) is 0.790. The summed E-state index contributed by atoms with van der Waals surface area (Å²) in [4.78, 5) is 11.0. The van der Waals surface area contributed by atoms with Crippen molar-refractivity contribution in [3.05, 3.63) is 17.7 Å². The van der Waals surface area contributed by atoms with Crippen LogP contribution in [0.2, 0.25) is 0 Å². The lowest BCUT2D eigenvalue weighted by atomic mass is 10.2. The molecule has 0 aromatic heterocycles. The average molecular weight is 230 g/mol. The summed E-state index contributed by atoms with van der Waals surface area (Å²) in [6.07, 6.45) is 0. The fraction of sp³-hybridized carbons (Fsp3) is 0.125. The van der Waals surface area contributed by atoms with Crippen LogP contribution in [0.15, 0.2) is 12.1 Å². The van der Waals surface area contributed by atoms with Crippen LogP contribution in [0.25, 0.3) is 0 Å². The lowest BCUT2D eigenvalue weighted by Crippen LogP contribution is -2.06. The summed E-state index contributed by atoms with van der Waals surface area (Å²) in [6, 6.07) is 3.48.